The molecule has 0 aliphatic heterocycles. The van der Waals surface area contributed by atoms with Gasteiger partial charge in [0.2, 0.25) is 0 Å². The van der Waals surface area contributed by atoms with Crippen molar-refractivity contribution in [1.29, 1.82) is 0 Å². The summed E-state index contributed by atoms with van der Waals surface area (Å²) >= 11 is 0. The number of hydrogen-bond acceptors (Lipinski definition) is 2. The predicted octanol–water partition coefficient (Wildman–Crippen LogP) is 2.43. The summed E-state index contributed by atoms with van der Waals surface area (Å²) in [6.07, 6.45) is 10.9. The van der Waals surface area contributed by atoms with Crippen LogP contribution < -0.4 is 5.32 Å². The van der Waals surface area contributed by atoms with Crippen LogP contribution in [0.4, 0.5) is 5.69 Å². The van der Waals surface area contributed by atoms with Gasteiger partial charge < -0.3 is 5.32 Å². The molecular weight excluding hydrogens is 174 g/mol. The first kappa shape index (κ1) is 8.33. The van der Waals surface area contributed by atoms with Crippen LogP contribution in [-0.2, 0) is 0 Å². The number of rotatable bonds is 4. The SMILES string of the molecule is c1nn(C2CCC2)cc1NCC1CC1. The van der Waals surface area contributed by atoms with E-state index in [9.17, 15) is 0 Å². The van der Waals surface area contributed by atoms with Crippen molar-refractivity contribution in [3.63, 3.8) is 0 Å². The molecule has 3 heteroatoms. The van der Waals surface area contributed by atoms with Crippen LogP contribution in [0.3, 0.4) is 0 Å². The van der Waals surface area contributed by atoms with Crippen LogP contribution in [-0.4, -0.2) is 16.3 Å². The molecule has 0 bridgehead atoms. The Morgan fingerprint density at radius 3 is 2.86 bits per heavy atom. The molecule has 0 saturated heterocycles. The quantitative estimate of drug-likeness (QED) is 0.792. The lowest BCUT2D eigenvalue weighted by atomic mass is 9.93. The van der Waals surface area contributed by atoms with Crippen LogP contribution in [0.5, 0.6) is 0 Å². The molecule has 2 fully saturated rings. The molecule has 3 nitrogen and oxygen atoms in total. The first-order chi connectivity index (χ1) is 6.92. The van der Waals surface area contributed by atoms with Gasteiger partial charge in [-0.05, 0) is 38.0 Å². The lowest BCUT2D eigenvalue weighted by Gasteiger charge is -2.25. The second-order valence-corrected chi connectivity index (χ2v) is 4.62. The molecule has 1 heterocycles. The highest BCUT2D eigenvalue weighted by molar-refractivity contribution is 5.38. The summed E-state index contributed by atoms with van der Waals surface area (Å²) in [5.41, 5.74) is 1.20. The number of anilines is 1. The average Bonchev–Trinajstić information content (AvgIpc) is 2.82. The maximum atomic E-state index is 4.39. The summed E-state index contributed by atoms with van der Waals surface area (Å²) in [5.74, 6) is 0.932. The van der Waals surface area contributed by atoms with Gasteiger partial charge in [0, 0.05) is 12.7 Å². The summed E-state index contributed by atoms with van der Waals surface area (Å²) in [7, 11) is 0. The normalized spacial score (nSPS) is 22.0. The predicted molar refractivity (Wildman–Crippen MR) is 56.3 cm³/mol. The molecule has 2 saturated carbocycles. The summed E-state index contributed by atoms with van der Waals surface area (Å²) in [5, 5.41) is 7.84. The number of hydrogen-bond donors (Lipinski definition) is 1. The standard InChI is InChI=1S/C11H17N3/c1-2-11(3-1)14-8-10(7-13-14)12-6-9-4-5-9/h7-9,11-12H,1-6H2. The Bertz CT molecular complexity index is 310. The highest BCUT2D eigenvalue weighted by atomic mass is 15.3. The van der Waals surface area contributed by atoms with Crippen LogP contribution in [0.25, 0.3) is 0 Å². The van der Waals surface area contributed by atoms with Crippen molar-refractivity contribution in [2.24, 2.45) is 5.92 Å². The Balaban J connectivity index is 1.58. The van der Waals surface area contributed by atoms with E-state index in [4.69, 9.17) is 0 Å². The Morgan fingerprint density at radius 2 is 2.21 bits per heavy atom. The molecule has 0 unspecified atom stereocenters. The molecule has 1 aromatic rings. The van der Waals surface area contributed by atoms with Crippen LogP contribution in [0.1, 0.15) is 38.1 Å². The maximum Gasteiger partial charge on any atom is 0.0726 e. The largest absolute Gasteiger partial charge is 0.382 e. The third kappa shape index (κ3) is 1.63. The molecule has 0 spiro atoms. The van der Waals surface area contributed by atoms with Gasteiger partial charge in [-0.15, -0.1) is 0 Å². The zero-order valence-electron chi connectivity index (χ0n) is 8.45. The van der Waals surface area contributed by atoms with Crippen molar-refractivity contribution in [1.82, 2.24) is 9.78 Å². The molecule has 3 rings (SSSR count). The molecule has 2 aliphatic carbocycles. The van der Waals surface area contributed by atoms with Crippen LogP contribution in [0, 0.1) is 5.92 Å². The van der Waals surface area contributed by atoms with E-state index < -0.39 is 0 Å². The molecule has 0 aromatic carbocycles. The second kappa shape index (κ2) is 3.30. The van der Waals surface area contributed by atoms with Gasteiger partial charge in [-0.2, -0.15) is 5.10 Å². The lowest BCUT2D eigenvalue weighted by molar-refractivity contribution is 0.289. The van der Waals surface area contributed by atoms with E-state index in [0.29, 0.717) is 6.04 Å². The molecule has 0 amide bonds. The van der Waals surface area contributed by atoms with Gasteiger partial charge in [-0.1, -0.05) is 0 Å². The fraction of sp³-hybridized carbons (Fsp3) is 0.727. The summed E-state index contributed by atoms with van der Waals surface area (Å²) < 4.78 is 2.12. The molecule has 1 N–H and O–H groups in total. The van der Waals surface area contributed by atoms with Crippen LogP contribution in [0.15, 0.2) is 12.4 Å². The smallest absolute Gasteiger partial charge is 0.0726 e. The van der Waals surface area contributed by atoms with E-state index in [1.807, 2.05) is 6.20 Å². The summed E-state index contributed by atoms with van der Waals surface area (Å²) in [4.78, 5) is 0. The zero-order chi connectivity index (χ0) is 9.38. The fourth-order valence-electron chi connectivity index (χ4n) is 1.86. The third-order valence-corrected chi connectivity index (χ3v) is 3.34. The minimum atomic E-state index is 0.687. The van der Waals surface area contributed by atoms with Crippen molar-refractivity contribution in [3.05, 3.63) is 12.4 Å². The van der Waals surface area contributed by atoms with Crippen molar-refractivity contribution >= 4 is 5.69 Å². The minimum absolute atomic E-state index is 0.687. The van der Waals surface area contributed by atoms with E-state index in [-0.39, 0.29) is 0 Å². The van der Waals surface area contributed by atoms with Crippen molar-refractivity contribution < 1.29 is 0 Å². The molecular formula is C11H17N3. The Hall–Kier alpha value is -0.990. The molecule has 0 radical (unpaired) electrons. The average molecular weight is 191 g/mol. The van der Waals surface area contributed by atoms with Gasteiger partial charge in [0.05, 0.1) is 17.9 Å². The van der Waals surface area contributed by atoms with Gasteiger partial charge in [-0.25, -0.2) is 0 Å². The van der Waals surface area contributed by atoms with E-state index in [0.717, 1.165) is 12.5 Å². The van der Waals surface area contributed by atoms with E-state index >= 15 is 0 Å². The van der Waals surface area contributed by atoms with E-state index in [2.05, 4.69) is 21.3 Å². The Morgan fingerprint density at radius 1 is 1.36 bits per heavy atom. The summed E-state index contributed by atoms with van der Waals surface area (Å²) in [6, 6.07) is 0.687. The van der Waals surface area contributed by atoms with E-state index in [1.165, 1.54) is 37.8 Å². The maximum absolute atomic E-state index is 4.39. The Labute approximate surface area is 84.5 Å². The topological polar surface area (TPSA) is 29.9 Å². The van der Waals surface area contributed by atoms with Crippen LogP contribution in [0.2, 0.25) is 0 Å². The zero-order valence-corrected chi connectivity index (χ0v) is 8.45. The third-order valence-electron chi connectivity index (χ3n) is 3.34. The number of aromatic nitrogens is 2. The van der Waals surface area contributed by atoms with Crippen LogP contribution >= 0.6 is 0 Å². The van der Waals surface area contributed by atoms with Gasteiger partial charge in [0.15, 0.2) is 0 Å². The second-order valence-electron chi connectivity index (χ2n) is 4.62. The first-order valence-corrected chi connectivity index (χ1v) is 5.70. The highest BCUT2D eigenvalue weighted by Crippen LogP contribution is 2.32. The van der Waals surface area contributed by atoms with Gasteiger partial charge in [0.25, 0.3) is 0 Å². The van der Waals surface area contributed by atoms with Gasteiger partial charge >= 0.3 is 0 Å². The van der Waals surface area contributed by atoms with Gasteiger partial charge in [-0.3, -0.25) is 4.68 Å². The first-order valence-electron chi connectivity index (χ1n) is 5.70. The monoisotopic (exact) mass is 191 g/mol. The van der Waals surface area contributed by atoms with Crippen molar-refractivity contribution in [2.45, 2.75) is 38.1 Å². The lowest BCUT2D eigenvalue weighted by Crippen LogP contribution is -2.17. The van der Waals surface area contributed by atoms with Gasteiger partial charge in [0.1, 0.15) is 0 Å². The van der Waals surface area contributed by atoms with Crippen molar-refractivity contribution in [3.8, 4) is 0 Å². The van der Waals surface area contributed by atoms with Crippen molar-refractivity contribution in [2.75, 3.05) is 11.9 Å². The minimum Gasteiger partial charge on any atom is -0.382 e. The molecule has 76 valence electrons. The molecule has 2 aliphatic rings. The number of nitrogens with zero attached hydrogens (tertiary/aromatic N) is 2. The molecule has 1 aromatic heterocycles. The summed E-state index contributed by atoms with van der Waals surface area (Å²) in [6.45, 7) is 1.14. The Kier molecular flexibility index (Phi) is 1.96. The molecule has 0 atom stereocenters. The fourth-order valence-corrected chi connectivity index (χ4v) is 1.86. The molecule has 14 heavy (non-hydrogen) atoms. The number of nitrogens with one attached hydrogen (secondary N) is 1. The highest BCUT2D eigenvalue weighted by Gasteiger charge is 2.22. The van der Waals surface area contributed by atoms with E-state index in [1.54, 1.807) is 0 Å².